The fourth-order valence-electron chi connectivity index (χ4n) is 2.25. The molecule has 1 aromatic heterocycles. The minimum absolute atomic E-state index is 0.221. The van der Waals surface area contributed by atoms with Crippen molar-refractivity contribution in [3.05, 3.63) is 51.7 Å². The van der Waals surface area contributed by atoms with E-state index in [4.69, 9.17) is 37.1 Å². The first-order valence-corrected chi connectivity index (χ1v) is 8.30. The average molecular weight is 381 g/mol. The molecule has 25 heavy (non-hydrogen) atoms. The average Bonchev–Trinajstić information content (AvgIpc) is 3.02. The van der Waals surface area contributed by atoms with Gasteiger partial charge in [-0.2, -0.15) is 0 Å². The predicted octanol–water partition coefficient (Wildman–Crippen LogP) is 4.86. The molecule has 0 unspecified atom stereocenters. The highest BCUT2D eigenvalue weighted by Crippen LogP contribution is 2.31. The summed E-state index contributed by atoms with van der Waals surface area (Å²) in [7, 11) is 0. The molecule has 1 aliphatic rings. The van der Waals surface area contributed by atoms with Crippen LogP contribution >= 0.6 is 23.2 Å². The van der Waals surface area contributed by atoms with Crippen molar-refractivity contribution in [2.45, 2.75) is 26.1 Å². The zero-order valence-corrected chi connectivity index (χ0v) is 15.0. The van der Waals surface area contributed by atoms with Crippen molar-refractivity contribution < 1.29 is 23.5 Å². The Hall–Kier alpha value is -2.24. The Bertz CT molecular complexity index is 861. The van der Waals surface area contributed by atoms with Gasteiger partial charge in [0.2, 0.25) is 0 Å². The standard InChI is InChI=1S/C18H14Cl2O5/c1-3-18(2)24-16(21)12(17(22)25-18)9-11-5-7-15(23-11)10-4-6-13(19)14(20)8-10/h4-9H,3H2,1-2H3. The van der Waals surface area contributed by atoms with E-state index in [1.165, 1.54) is 13.0 Å². The summed E-state index contributed by atoms with van der Waals surface area (Å²) in [6.07, 6.45) is 1.65. The second-order valence-electron chi connectivity index (χ2n) is 5.66. The summed E-state index contributed by atoms with van der Waals surface area (Å²) in [5.74, 6) is -1.90. The molecule has 2 heterocycles. The summed E-state index contributed by atoms with van der Waals surface area (Å²) in [5.41, 5.74) is 0.493. The summed E-state index contributed by atoms with van der Waals surface area (Å²) in [6, 6.07) is 8.39. The lowest BCUT2D eigenvalue weighted by Crippen LogP contribution is -2.43. The van der Waals surface area contributed by atoms with E-state index in [2.05, 4.69) is 0 Å². The highest BCUT2D eigenvalue weighted by molar-refractivity contribution is 6.42. The second-order valence-corrected chi connectivity index (χ2v) is 6.47. The van der Waals surface area contributed by atoms with Crippen molar-refractivity contribution >= 4 is 41.2 Å². The van der Waals surface area contributed by atoms with Gasteiger partial charge in [0.15, 0.2) is 0 Å². The van der Waals surface area contributed by atoms with Gasteiger partial charge < -0.3 is 13.9 Å². The number of carbonyl (C=O) groups excluding carboxylic acids is 2. The third-order valence-corrected chi connectivity index (χ3v) is 4.56. The number of esters is 2. The van der Waals surface area contributed by atoms with Gasteiger partial charge in [0.1, 0.15) is 17.1 Å². The zero-order valence-electron chi connectivity index (χ0n) is 13.5. The number of carbonyl (C=O) groups is 2. The van der Waals surface area contributed by atoms with Gasteiger partial charge in [0.05, 0.1) is 10.0 Å². The van der Waals surface area contributed by atoms with Crippen molar-refractivity contribution in [2.75, 3.05) is 0 Å². The molecule has 2 aromatic rings. The van der Waals surface area contributed by atoms with Crippen LogP contribution in [0.15, 0.2) is 40.3 Å². The number of hydrogen-bond donors (Lipinski definition) is 0. The topological polar surface area (TPSA) is 65.7 Å². The molecule has 130 valence electrons. The first-order chi connectivity index (χ1) is 11.8. The molecule has 0 saturated carbocycles. The smallest absolute Gasteiger partial charge is 0.348 e. The van der Waals surface area contributed by atoms with Crippen LogP contribution in [0.25, 0.3) is 17.4 Å². The summed E-state index contributed by atoms with van der Waals surface area (Å²) in [5, 5.41) is 0.833. The van der Waals surface area contributed by atoms with Crippen LogP contribution in [0.2, 0.25) is 10.0 Å². The van der Waals surface area contributed by atoms with Crippen molar-refractivity contribution in [1.29, 1.82) is 0 Å². The van der Waals surface area contributed by atoms with Gasteiger partial charge >= 0.3 is 11.9 Å². The van der Waals surface area contributed by atoms with Crippen molar-refractivity contribution in [2.24, 2.45) is 0 Å². The van der Waals surface area contributed by atoms with E-state index in [9.17, 15) is 9.59 Å². The summed E-state index contributed by atoms with van der Waals surface area (Å²) in [4.78, 5) is 24.2. The minimum Gasteiger partial charge on any atom is -0.457 e. The summed E-state index contributed by atoms with van der Waals surface area (Å²) < 4.78 is 16.0. The highest BCUT2D eigenvalue weighted by atomic mass is 35.5. The van der Waals surface area contributed by atoms with E-state index in [0.29, 0.717) is 33.6 Å². The molecule has 1 saturated heterocycles. The minimum atomic E-state index is -1.24. The predicted molar refractivity (Wildman–Crippen MR) is 93.0 cm³/mol. The molecule has 5 nitrogen and oxygen atoms in total. The van der Waals surface area contributed by atoms with E-state index >= 15 is 0 Å². The Labute approximate surface area is 154 Å². The number of benzene rings is 1. The Balaban J connectivity index is 1.88. The van der Waals surface area contributed by atoms with Gasteiger partial charge in [-0.05, 0) is 30.3 Å². The molecule has 0 atom stereocenters. The van der Waals surface area contributed by atoms with Gasteiger partial charge in [-0.15, -0.1) is 0 Å². The molecule has 0 spiro atoms. The maximum absolute atomic E-state index is 12.1. The van der Waals surface area contributed by atoms with Crippen LogP contribution in [0.1, 0.15) is 26.0 Å². The number of halogens is 2. The summed E-state index contributed by atoms with van der Waals surface area (Å²) in [6.45, 7) is 3.29. The van der Waals surface area contributed by atoms with Crippen LogP contribution in [-0.4, -0.2) is 17.7 Å². The third-order valence-electron chi connectivity index (χ3n) is 3.82. The van der Waals surface area contributed by atoms with Crippen molar-refractivity contribution in [1.82, 2.24) is 0 Å². The lowest BCUT2D eigenvalue weighted by atomic mass is 10.1. The van der Waals surface area contributed by atoms with Gasteiger partial charge in [0, 0.05) is 25.0 Å². The first-order valence-electron chi connectivity index (χ1n) is 7.55. The largest absolute Gasteiger partial charge is 0.457 e. The first kappa shape index (κ1) is 17.6. The summed E-state index contributed by atoms with van der Waals surface area (Å²) >= 11 is 11.9. The SMILES string of the molecule is CCC1(C)OC(=O)C(=Cc2ccc(-c3ccc(Cl)c(Cl)c3)o2)C(=O)O1. The molecular weight excluding hydrogens is 367 g/mol. The molecule has 0 radical (unpaired) electrons. The van der Waals surface area contributed by atoms with Gasteiger partial charge in [-0.1, -0.05) is 30.1 Å². The van der Waals surface area contributed by atoms with Crippen LogP contribution in [0.3, 0.4) is 0 Å². The molecular formula is C18H14Cl2O5. The number of hydrogen-bond acceptors (Lipinski definition) is 5. The molecule has 0 bridgehead atoms. The highest BCUT2D eigenvalue weighted by Gasteiger charge is 2.41. The van der Waals surface area contributed by atoms with Crippen LogP contribution in [0, 0.1) is 0 Å². The van der Waals surface area contributed by atoms with Crippen molar-refractivity contribution in [3.8, 4) is 11.3 Å². The van der Waals surface area contributed by atoms with Gasteiger partial charge in [-0.3, -0.25) is 0 Å². The second kappa shape index (κ2) is 6.58. The number of ether oxygens (including phenoxy) is 2. The van der Waals surface area contributed by atoms with Gasteiger partial charge in [-0.25, -0.2) is 9.59 Å². The van der Waals surface area contributed by atoms with E-state index in [-0.39, 0.29) is 5.57 Å². The molecule has 1 aliphatic heterocycles. The Morgan fingerprint density at radius 1 is 1.04 bits per heavy atom. The Kier molecular flexibility index (Phi) is 4.62. The molecule has 0 aliphatic carbocycles. The molecule has 1 aromatic carbocycles. The molecule has 1 fully saturated rings. The molecule has 0 N–H and O–H groups in total. The number of cyclic esters (lactones) is 2. The quantitative estimate of drug-likeness (QED) is 0.432. The van der Waals surface area contributed by atoms with E-state index in [1.54, 1.807) is 37.3 Å². The molecule has 7 heteroatoms. The number of furan rings is 1. The van der Waals surface area contributed by atoms with Crippen LogP contribution in [-0.2, 0) is 19.1 Å². The van der Waals surface area contributed by atoms with Crippen molar-refractivity contribution in [3.63, 3.8) is 0 Å². The Morgan fingerprint density at radius 3 is 2.32 bits per heavy atom. The third kappa shape index (κ3) is 3.57. The number of rotatable bonds is 3. The van der Waals surface area contributed by atoms with Crippen LogP contribution < -0.4 is 0 Å². The fourth-order valence-corrected chi connectivity index (χ4v) is 2.54. The van der Waals surface area contributed by atoms with Crippen LogP contribution in [0.5, 0.6) is 0 Å². The molecule has 3 rings (SSSR count). The normalized spacial score (nSPS) is 20.2. The monoisotopic (exact) mass is 380 g/mol. The fraction of sp³-hybridized carbons (Fsp3) is 0.222. The Morgan fingerprint density at radius 2 is 1.72 bits per heavy atom. The lowest BCUT2D eigenvalue weighted by molar-refractivity contribution is -0.229. The maximum Gasteiger partial charge on any atom is 0.348 e. The van der Waals surface area contributed by atoms with E-state index in [1.807, 2.05) is 0 Å². The van der Waals surface area contributed by atoms with Gasteiger partial charge in [0.25, 0.3) is 5.79 Å². The van der Waals surface area contributed by atoms with E-state index in [0.717, 1.165) is 0 Å². The lowest BCUT2D eigenvalue weighted by Gasteiger charge is -2.32. The molecule has 0 amide bonds. The zero-order chi connectivity index (χ0) is 18.2. The van der Waals surface area contributed by atoms with Crippen LogP contribution in [0.4, 0.5) is 0 Å². The van der Waals surface area contributed by atoms with E-state index < -0.39 is 17.7 Å². The maximum atomic E-state index is 12.1.